The zero-order valence-corrected chi connectivity index (χ0v) is 9.45. The van der Waals surface area contributed by atoms with Gasteiger partial charge in [0.2, 0.25) is 0 Å². The quantitative estimate of drug-likeness (QED) is 0.858. The van der Waals surface area contributed by atoms with Crippen molar-refractivity contribution in [3.63, 3.8) is 0 Å². The van der Waals surface area contributed by atoms with Gasteiger partial charge < -0.3 is 10.1 Å². The first-order chi connectivity index (χ1) is 8.90. The molecule has 19 heavy (non-hydrogen) atoms. The molecule has 1 fully saturated rings. The van der Waals surface area contributed by atoms with E-state index in [1.165, 1.54) is 18.2 Å². The van der Waals surface area contributed by atoms with Gasteiger partial charge in [0.05, 0.1) is 12.6 Å². The van der Waals surface area contributed by atoms with Crippen LogP contribution in [-0.4, -0.2) is 25.1 Å². The number of carbonyl (C=O) groups is 1. The van der Waals surface area contributed by atoms with Crippen LogP contribution in [0.15, 0.2) is 24.3 Å². The fourth-order valence-corrected chi connectivity index (χ4v) is 1.64. The van der Waals surface area contributed by atoms with E-state index in [0.717, 1.165) is 6.07 Å². The summed E-state index contributed by atoms with van der Waals surface area (Å²) in [5.41, 5.74) is 0.178. The van der Waals surface area contributed by atoms with Crippen molar-refractivity contribution >= 4 is 6.03 Å². The highest BCUT2D eigenvalue weighted by Gasteiger charge is 2.44. The van der Waals surface area contributed by atoms with E-state index < -0.39 is 30.4 Å². The molecule has 0 bridgehead atoms. The molecule has 0 saturated carbocycles. The molecule has 1 aliphatic rings. The van der Waals surface area contributed by atoms with Crippen LogP contribution in [-0.2, 0) is 0 Å². The number of amides is 2. The van der Waals surface area contributed by atoms with Gasteiger partial charge in [-0.05, 0) is 6.07 Å². The minimum atomic E-state index is -4.59. The standard InChI is InChI=1S/C11H9F4N2O2/c12-9(13)11(14,15)19-8-4-2-1-3-6(8)7-5-16-10(18)17-7/h1-4,7,9H,5H2,(H,17,18). The SMILES string of the molecule is O=C1[N]CC(c2ccccc2OC(F)(F)C(F)F)N1. The number of halogens is 4. The Hall–Kier alpha value is -1.99. The van der Waals surface area contributed by atoms with E-state index in [1.807, 2.05) is 0 Å². The summed E-state index contributed by atoms with van der Waals surface area (Å²) in [7, 11) is 0. The summed E-state index contributed by atoms with van der Waals surface area (Å²) < 4.78 is 54.1. The summed E-state index contributed by atoms with van der Waals surface area (Å²) in [6.07, 6.45) is -8.53. The first kappa shape index (κ1) is 13.4. The molecular weight excluding hydrogens is 268 g/mol. The number of hydrogen-bond donors (Lipinski definition) is 1. The molecule has 1 atom stereocenters. The molecule has 1 heterocycles. The lowest BCUT2D eigenvalue weighted by Gasteiger charge is -2.20. The summed E-state index contributed by atoms with van der Waals surface area (Å²) >= 11 is 0. The predicted octanol–water partition coefficient (Wildman–Crippen LogP) is 2.29. The Morgan fingerprint density at radius 3 is 2.63 bits per heavy atom. The van der Waals surface area contributed by atoms with Crippen molar-refractivity contribution in [2.45, 2.75) is 18.6 Å². The minimum Gasteiger partial charge on any atom is -0.428 e. The lowest BCUT2D eigenvalue weighted by atomic mass is 10.1. The topological polar surface area (TPSA) is 52.4 Å². The molecule has 1 aromatic carbocycles. The molecule has 2 rings (SSSR count). The third-order valence-corrected chi connectivity index (χ3v) is 2.51. The van der Waals surface area contributed by atoms with E-state index in [1.54, 1.807) is 0 Å². The number of nitrogens with zero attached hydrogens (tertiary/aromatic N) is 1. The van der Waals surface area contributed by atoms with E-state index in [-0.39, 0.29) is 12.1 Å². The van der Waals surface area contributed by atoms with Gasteiger partial charge in [0.1, 0.15) is 5.75 Å². The number of rotatable bonds is 4. The molecule has 0 aliphatic carbocycles. The number of ether oxygens (including phenoxy) is 1. The van der Waals surface area contributed by atoms with Gasteiger partial charge in [0, 0.05) is 5.56 Å². The highest BCUT2D eigenvalue weighted by Crippen LogP contribution is 2.33. The van der Waals surface area contributed by atoms with Gasteiger partial charge in [-0.25, -0.2) is 10.1 Å². The molecule has 0 aromatic heterocycles. The summed E-state index contributed by atoms with van der Waals surface area (Å²) in [5, 5.41) is 5.93. The Morgan fingerprint density at radius 1 is 1.37 bits per heavy atom. The number of alkyl halides is 4. The summed E-state index contributed by atoms with van der Waals surface area (Å²) in [4.78, 5) is 10.9. The van der Waals surface area contributed by atoms with Crippen molar-refractivity contribution in [2.24, 2.45) is 0 Å². The Morgan fingerprint density at radius 2 is 2.05 bits per heavy atom. The van der Waals surface area contributed by atoms with Crippen molar-refractivity contribution in [2.75, 3.05) is 6.54 Å². The van der Waals surface area contributed by atoms with E-state index in [9.17, 15) is 22.4 Å². The average molecular weight is 277 g/mol. The van der Waals surface area contributed by atoms with Crippen molar-refractivity contribution in [1.29, 1.82) is 0 Å². The number of hydrogen-bond acceptors (Lipinski definition) is 2. The van der Waals surface area contributed by atoms with Gasteiger partial charge in [-0.15, -0.1) is 0 Å². The van der Waals surface area contributed by atoms with Crippen molar-refractivity contribution in [3.05, 3.63) is 29.8 Å². The van der Waals surface area contributed by atoms with Gasteiger partial charge in [-0.1, -0.05) is 18.2 Å². The van der Waals surface area contributed by atoms with E-state index in [2.05, 4.69) is 15.4 Å². The number of urea groups is 1. The molecule has 103 valence electrons. The van der Waals surface area contributed by atoms with Crippen molar-refractivity contribution < 1.29 is 27.1 Å². The lowest BCUT2D eigenvalue weighted by Crippen LogP contribution is -2.34. The Balaban J connectivity index is 2.24. The van der Waals surface area contributed by atoms with Crippen LogP contribution in [0.25, 0.3) is 0 Å². The Kier molecular flexibility index (Phi) is 3.50. The van der Waals surface area contributed by atoms with Gasteiger partial charge in [0.15, 0.2) is 0 Å². The normalized spacial score (nSPS) is 19.2. The molecule has 1 aromatic rings. The third-order valence-electron chi connectivity index (χ3n) is 2.51. The second-order valence-electron chi connectivity index (χ2n) is 3.85. The zero-order valence-electron chi connectivity index (χ0n) is 9.45. The first-order valence-electron chi connectivity index (χ1n) is 5.32. The van der Waals surface area contributed by atoms with Crippen LogP contribution >= 0.6 is 0 Å². The number of para-hydroxylation sites is 1. The van der Waals surface area contributed by atoms with Crippen LogP contribution in [0.4, 0.5) is 22.4 Å². The van der Waals surface area contributed by atoms with E-state index in [0.29, 0.717) is 0 Å². The summed E-state index contributed by atoms with van der Waals surface area (Å²) in [5.74, 6) is -0.407. The molecule has 2 amide bonds. The Labute approximate surface area is 105 Å². The third kappa shape index (κ3) is 2.88. The molecule has 1 aliphatic heterocycles. The van der Waals surface area contributed by atoms with Crippen LogP contribution in [0.3, 0.4) is 0 Å². The monoisotopic (exact) mass is 277 g/mol. The smallest absolute Gasteiger partial charge is 0.428 e. The van der Waals surface area contributed by atoms with Crippen LogP contribution in [0.2, 0.25) is 0 Å². The maximum Gasteiger partial charge on any atom is 0.461 e. The average Bonchev–Trinajstić information content (AvgIpc) is 2.76. The summed E-state index contributed by atoms with van der Waals surface area (Å²) in [6.45, 7) is 0.0411. The number of carbonyl (C=O) groups excluding carboxylic acids is 1. The molecule has 1 radical (unpaired) electrons. The fraction of sp³-hybridized carbons (Fsp3) is 0.364. The Bertz CT molecular complexity index is 482. The van der Waals surface area contributed by atoms with E-state index in [4.69, 9.17) is 0 Å². The van der Waals surface area contributed by atoms with Gasteiger partial charge >= 0.3 is 18.6 Å². The minimum absolute atomic E-state index is 0.0411. The van der Waals surface area contributed by atoms with Crippen LogP contribution in [0, 0.1) is 0 Å². The predicted molar refractivity (Wildman–Crippen MR) is 56.3 cm³/mol. The van der Waals surface area contributed by atoms with Crippen LogP contribution < -0.4 is 15.4 Å². The van der Waals surface area contributed by atoms with Gasteiger partial charge in [-0.2, -0.15) is 17.6 Å². The fourth-order valence-electron chi connectivity index (χ4n) is 1.64. The maximum atomic E-state index is 12.9. The maximum absolute atomic E-state index is 12.9. The molecule has 0 spiro atoms. The van der Waals surface area contributed by atoms with Crippen LogP contribution in [0.1, 0.15) is 11.6 Å². The molecule has 8 heteroatoms. The van der Waals surface area contributed by atoms with Crippen molar-refractivity contribution in [1.82, 2.24) is 10.6 Å². The second kappa shape index (κ2) is 4.94. The highest BCUT2D eigenvalue weighted by molar-refractivity contribution is 5.76. The largest absolute Gasteiger partial charge is 0.461 e. The molecular formula is C11H9F4N2O2. The number of nitrogens with one attached hydrogen (secondary N) is 1. The van der Waals surface area contributed by atoms with Gasteiger partial charge in [-0.3, -0.25) is 0 Å². The first-order valence-corrected chi connectivity index (χ1v) is 5.32. The molecule has 1 saturated heterocycles. The van der Waals surface area contributed by atoms with Crippen LogP contribution in [0.5, 0.6) is 5.75 Å². The highest BCUT2D eigenvalue weighted by atomic mass is 19.3. The molecule has 4 nitrogen and oxygen atoms in total. The van der Waals surface area contributed by atoms with Crippen molar-refractivity contribution in [3.8, 4) is 5.75 Å². The summed E-state index contributed by atoms with van der Waals surface area (Å²) in [6, 6.07) is 4.19. The molecule has 1 unspecified atom stereocenters. The second-order valence-corrected chi connectivity index (χ2v) is 3.85. The number of benzene rings is 1. The van der Waals surface area contributed by atoms with Gasteiger partial charge in [0.25, 0.3) is 0 Å². The molecule has 1 N–H and O–H groups in total. The zero-order chi connectivity index (χ0) is 14.0. The van der Waals surface area contributed by atoms with E-state index >= 15 is 0 Å². The lowest BCUT2D eigenvalue weighted by molar-refractivity contribution is -0.253.